The quantitative estimate of drug-likeness (QED) is 0.760. The predicted molar refractivity (Wildman–Crippen MR) is 98.3 cm³/mol. The van der Waals surface area contributed by atoms with Crippen LogP contribution >= 0.6 is 0 Å². The molecule has 140 valence electrons. The van der Waals surface area contributed by atoms with Gasteiger partial charge in [0.2, 0.25) is 0 Å². The summed E-state index contributed by atoms with van der Waals surface area (Å²) in [6.45, 7) is 1.83. The van der Waals surface area contributed by atoms with Crippen molar-refractivity contribution in [1.82, 2.24) is 4.90 Å². The van der Waals surface area contributed by atoms with Crippen molar-refractivity contribution < 1.29 is 23.5 Å². The molecule has 0 aliphatic carbocycles. The zero-order valence-electron chi connectivity index (χ0n) is 15.1. The number of carbonyl (C=O) groups excluding carboxylic acids is 2. The summed E-state index contributed by atoms with van der Waals surface area (Å²) in [5, 5.41) is 0. The molecule has 0 spiro atoms. The first kappa shape index (κ1) is 18.6. The minimum atomic E-state index is -0.964. The molecule has 3 rings (SSSR count). The highest BCUT2D eigenvalue weighted by molar-refractivity contribution is 5.96. The first-order valence-corrected chi connectivity index (χ1v) is 8.57. The van der Waals surface area contributed by atoms with Gasteiger partial charge in [0.15, 0.2) is 6.10 Å². The number of esters is 1. The fourth-order valence-corrected chi connectivity index (χ4v) is 2.82. The first-order valence-electron chi connectivity index (χ1n) is 8.57. The fourth-order valence-electron chi connectivity index (χ4n) is 2.82. The van der Waals surface area contributed by atoms with Crippen LogP contribution in [0.4, 0.5) is 4.39 Å². The summed E-state index contributed by atoms with van der Waals surface area (Å²) >= 11 is 0. The highest BCUT2D eigenvalue weighted by Gasteiger charge is 2.25. The molecule has 1 atom stereocenters. The Kier molecular flexibility index (Phi) is 5.54. The third-order valence-corrected chi connectivity index (χ3v) is 4.21. The van der Waals surface area contributed by atoms with Crippen molar-refractivity contribution in [2.24, 2.45) is 0 Å². The van der Waals surface area contributed by atoms with E-state index < -0.39 is 12.1 Å². The smallest absolute Gasteiger partial charge is 0.338 e. The molecular weight excluding hydrogens is 349 g/mol. The van der Waals surface area contributed by atoms with Gasteiger partial charge in [-0.15, -0.1) is 0 Å². The van der Waals surface area contributed by atoms with Crippen LogP contribution in [0, 0.1) is 5.82 Å². The Hall–Kier alpha value is -3.15. The molecule has 5 nitrogen and oxygen atoms in total. The van der Waals surface area contributed by atoms with Crippen molar-refractivity contribution in [2.75, 3.05) is 13.7 Å². The van der Waals surface area contributed by atoms with Crippen LogP contribution in [0.3, 0.4) is 0 Å². The minimum absolute atomic E-state index is 0.0931. The van der Waals surface area contributed by atoms with Crippen LogP contribution in [0.25, 0.3) is 6.08 Å². The Balaban J connectivity index is 1.61. The number of para-hydroxylation sites is 1. The molecule has 6 heteroatoms. The Morgan fingerprint density at radius 1 is 1.22 bits per heavy atom. The summed E-state index contributed by atoms with van der Waals surface area (Å²) in [7, 11) is 1.58. The van der Waals surface area contributed by atoms with Crippen LogP contribution in [0.5, 0.6) is 5.75 Å². The number of ether oxygens (including phenoxy) is 2. The molecule has 27 heavy (non-hydrogen) atoms. The summed E-state index contributed by atoms with van der Waals surface area (Å²) in [6.07, 6.45) is 0.739. The number of carbonyl (C=O) groups is 2. The monoisotopic (exact) mass is 369 g/mol. The maximum Gasteiger partial charge on any atom is 0.338 e. The number of fused-ring (bicyclic) bond motifs is 1. The van der Waals surface area contributed by atoms with E-state index in [0.29, 0.717) is 16.9 Å². The second-order valence-corrected chi connectivity index (χ2v) is 6.37. The van der Waals surface area contributed by atoms with Crippen molar-refractivity contribution >= 4 is 18.0 Å². The van der Waals surface area contributed by atoms with Gasteiger partial charge < -0.3 is 14.4 Å². The van der Waals surface area contributed by atoms with Gasteiger partial charge in [-0.1, -0.05) is 30.3 Å². The minimum Gasteiger partial charge on any atom is -0.488 e. The zero-order valence-corrected chi connectivity index (χ0v) is 15.1. The lowest BCUT2D eigenvalue weighted by atomic mass is 10.1. The number of hydrogen-bond acceptors (Lipinski definition) is 4. The summed E-state index contributed by atoms with van der Waals surface area (Å²) < 4.78 is 24.1. The van der Waals surface area contributed by atoms with Gasteiger partial charge in [-0.25, -0.2) is 9.18 Å². The summed E-state index contributed by atoms with van der Waals surface area (Å²) in [5.41, 5.74) is 1.79. The number of hydrogen-bond donors (Lipinski definition) is 0. The second kappa shape index (κ2) is 8.03. The molecule has 0 fully saturated rings. The molecule has 0 N–H and O–H groups in total. The SMILES string of the molecule is CC(OC(=O)C1=Cc2ccccc2OC1)C(=O)N(C)Cc1cccc(F)c1. The molecule has 0 saturated heterocycles. The maximum atomic E-state index is 13.3. The molecule has 0 aromatic heterocycles. The van der Waals surface area contributed by atoms with E-state index in [-0.39, 0.29) is 24.9 Å². The topological polar surface area (TPSA) is 55.8 Å². The Morgan fingerprint density at radius 2 is 2.00 bits per heavy atom. The highest BCUT2D eigenvalue weighted by Crippen LogP contribution is 2.26. The highest BCUT2D eigenvalue weighted by atomic mass is 19.1. The molecule has 0 bridgehead atoms. The van der Waals surface area contributed by atoms with Gasteiger partial charge in [-0.3, -0.25) is 4.79 Å². The van der Waals surface area contributed by atoms with Gasteiger partial charge in [0.1, 0.15) is 18.2 Å². The van der Waals surface area contributed by atoms with Crippen LogP contribution < -0.4 is 4.74 Å². The Morgan fingerprint density at radius 3 is 2.78 bits per heavy atom. The van der Waals surface area contributed by atoms with Gasteiger partial charge in [0, 0.05) is 19.2 Å². The lowest BCUT2D eigenvalue weighted by molar-refractivity contribution is -0.155. The average Bonchev–Trinajstić information content (AvgIpc) is 2.66. The van der Waals surface area contributed by atoms with Crippen LogP contribution in [0.15, 0.2) is 54.1 Å². The third-order valence-electron chi connectivity index (χ3n) is 4.21. The number of likely N-dealkylation sites (N-methyl/N-ethyl adjacent to an activating group) is 1. The molecule has 1 unspecified atom stereocenters. The van der Waals surface area contributed by atoms with E-state index in [4.69, 9.17) is 9.47 Å². The van der Waals surface area contributed by atoms with E-state index in [2.05, 4.69) is 0 Å². The van der Waals surface area contributed by atoms with Crippen LogP contribution in [-0.4, -0.2) is 36.5 Å². The van der Waals surface area contributed by atoms with E-state index in [1.807, 2.05) is 24.3 Å². The summed E-state index contributed by atoms with van der Waals surface area (Å²) in [4.78, 5) is 26.2. The summed E-state index contributed by atoms with van der Waals surface area (Å²) in [6, 6.07) is 13.4. The Labute approximate surface area is 157 Å². The molecule has 2 aromatic carbocycles. The van der Waals surface area contributed by atoms with Gasteiger partial charge in [-0.05, 0) is 36.8 Å². The molecule has 1 amide bonds. The van der Waals surface area contributed by atoms with Crippen molar-refractivity contribution in [3.05, 3.63) is 71.0 Å². The fraction of sp³-hybridized carbons (Fsp3) is 0.238. The van der Waals surface area contributed by atoms with E-state index in [9.17, 15) is 14.0 Å². The van der Waals surface area contributed by atoms with Crippen molar-refractivity contribution in [1.29, 1.82) is 0 Å². The molecule has 2 aromatic rings. The van der Waals surface area contributed by atoms with Gasteiger partial charge in [-0.2, -0.15) is 0 Å². The number of nitrogens with zero attached hydrogens (tertiary/aromatic N) is 1. The predicted octanol–water partition coefficient (Wildman–Crippen LogP) is 3.19. The number of halogens is 1. The number of benzene rings is 2. The van der Waals surface area contributed by atoms with Crippen LogP contribution in [0.2, 0.25) is 0 Å². The molecule has 0 radical (unpaired) electrons. The van der Waals surface area contributed by atoms with Gasteiger partial charge >= 0.3 is 5.97 Å². The number of amides is 1. The van der Waals surface area contributed by atoms with Crippen molar-refractivity contribution in [3.8, 4) is 5.75 Å². The summed E-state index contributed by atoms with van der Waals surface area (Å²) in [5.74, 6) is -0.625. The van der Waals surface area contributed by atoms with E-state index in [1.54, 1.807) is 25.3 Å². The van der Waals surface area contributed by atoms with Crippen molar-refractivity contribution in [3.63, 3.8) is 0 Å². The van der Waals surface area contributed by atoms with Crippen molar-refractivity contribution in [2.45, 2.75) is 19.6 Å². The number of rotatable bonds is 5. The lowest BCUT2D eigenvalue weighted by Gasteiger charge is -2.23. The van der Waals surface area contributed by atoms with E-state index in [1.165, 1.54) is 24.0 Å². The van der Waals surface area contributed by atoms with Crippen LogP contribution in [0.1, 0.15) is 18.1 Å². The Bertz CT molecular complexity index is 893. The third kappa shape index (κ3) is 4.53. The second-order valence-electron chi connectivity index (χ2n) is 6.37. The van der Waals surface area contributed by atoms with Gasteiger partial charge in [0.05, 0.1) is 5.57 Å². The first-order chi connectivity index (χ1) is 12.9. The zero-order chi connectivity index (χ0) is 19.4. The van der Waals surface area contributed by atoms with Gasteiger partial charge in [0.25, 0.3) is 5.91 Å². The standard InChI is InChI=1S/C21H20FNO4/c1-14(20(24)23(2)12-15-6-5-8-18(22)10-15)27-21(25)17-11-16-7-3-4-9-19(16)26-13-17/h3-11,14H,12-13H2,1-2H3. The normalized spacial score (nSPS) is 13.7. The molecule has 1 aliphatic heterocycles. The van der Waals surface area contributed by atoms with Crippen LogP contribution in [-0.2, 0) is 20.9 Å². The maximum absolute atomic E-state index is 13.3. The molecule has 0 saturated carbocycles. The largest absolute Gasteiger partial charge is 0.488 e. The van der Waals surface area contributed by atoms with E-state index in [0.717, 1.165) is 5.56 Å². The molecule has 1 aliphatic rings. The average molecular weight is 369 g/mol. The molecular formula is C21H20FNO4. The lowest BCUT2D eigenvalue weighted by Crippen LogP contribution is -2.37. The van der Waals surface area contributed by atoms with E-state index >= 15 is 0 Å². The molecule has 1 heterocycles.